The van der Waals surface area contributed by atoms with Crippen LogP contribution in [0.1, 0.15) is 31.9 Å². The first kappa shape index (κ1) is 23.8. The van der Waals surface area contributed by atoms with Gasteiger partial charge in [0.1, 0.15) is 5.75 Å². The van der Waals surface area contributed by atoms with E-state index in [0.29, 0.717) is 24.4 Å². The van der Waals surface area contributed by atoms with E-state index in [9.17, 15) is 4.79 Å². The van der Waals surface area contributed by atoms with Crippen LogP contribution in [-0.4, -0.2) is 54.2 Å². The summed E-state index contributed by atoms with van der Waals surface area (Å²) in [5.41, 5.74) is 3.28. The van der Waals surface area contributed by atoms with Gasteiger partial charge in [-0.2, -0.15) is 0 Å². The predicted molar refractivity (Wildman–Crippen MR) is 135 cm³/mol. The Balaban J connectivity index is 1.43. The van der Waals surface area contributed by atoms with Gasteiger partial charge in [0.25, 0.3) is 0 Å². The van der Waals surface area contributed by atoms with E-state index >= 15 is 0 Å². The maximum atomic E-state index is 11.6. The van der Waals surface area contributed by atoms with Crippen LogP contribution in [0.4, 0.5) is 5.13 Å². The standard InChI is InChI=1S/C25H30ClN3O3S/c1-5-31-24(30)15-32-21-9-16(2)8-19(10-21)14-29-17(3)12-28(13-18(29)4)25-27-22-7-6-20(26)11-23(22)33-25/h6-11,17-18H,5,12-15H2,1-4H3. The second kappa shape index (κ2) is 10.3. The molecular formula is C25H30ClN3O3S. The van der Waals surface area contributed by atoms with Gasteiger partial charge in [-0.15, -0.1) is 0 Å². The molecule has 6 nitrogen and oxygen atoms in total. The fraction of sp³-hybridized carbons (Fsp3) is 0.440. The molecule has 1 saturated heterocycles. The van der Waals surface area contributed by atoms with Crippen molar-refractivity contribution in [3.05, 3.63) is 52.5 Å². The van der Waals surface area contributed by atoms with Crippen LogP contribution >= 0.6 is 22.9 Å². The number of carbonyl (C=O) groups is 1. The third-order valence-electron chi connectivity index (χ3n) is 5.85. The number of thiazole rings is 1. The molecule has 176 valence electrons. The molecule has 0 aliphatic carbocycles. The first-order valence-electron chi connectivity index (χ1n) is 11.3. The van der Waals surface area contributed by atoms with Crippen LogP contribution in [0, 0.1) is 6.92 Å². The van der Waals surface area contributed by atoms with E-state index < -0.39 is 0 Å². The summed E-state index contributed by atoms with van der Waals surface area (Å²) < 4.78 is 11.8. The number of hydrogen-bond acceptors (Lipinski definition) is 7. The lowest BCUT2D eigenvalue weighted by Gasteiger charge is -2.44. The number of carbonyl (C=O) groups excluding carboxylic acids is 1. The second-order valence-electron chi connectivity index (χ2n) is 8.63. The number of aromatic nitrogens is 1. The Morgan fingerprint density at radius 2 is 1.94 bits per heavy atom. The number of hydrogen-bond donors (Lipinski definition) is 0. The number of ether oxygens (including phenoxy) is 2. The van der Waals surface area contributed by atoms with Gasteiger partial charge in [-0.1, -0.05) is 29.0 Å². The van der Waals surface area contributed by atoms with Crippen LogP contribution in [0.5, 0.6) is 5.75 Å². The smallest absolute Gasteiger partial charge is 0.344 e. The molecule has 0 spiro atoms. The third-order valence-corrected chi connectivity index (χ3v) is 7.16. The highest BCUT2D eigenvalue weighted by Crippen LogP contribution is 2.33. The Bertz CT molecular complexity index is 1120. The van der Waals surface area contributed by atoms with Crippen molar-refractivity contribution in [2.45, 2.75) is 46.3 Å². The first-order chi connectivity index (χ1) is 15.8. The third kappa shape index (κ3) is 5.78. The molecule has 1 aliphatic heterocycles. The Kier molecular flexibility index (Phi) is 7.41. The summed E-state index contributed by atoms with van der Waals surface area (Å²) in [6.45, 7) is 11.3. The van der Waals surface area contributed by atoms with Crippen molar-refractivity contribution in [3.8, 4) is 5.75 Å². The molecule has 0 bridgehead atoms. The van der Waals surface area contributed by atoms with Crippen LogP contribution in [0.15, 0.2) is 36.4 Å². The Morgan fingerprint density at radius 1 is 1.18 bits per heavy atom. The van der Waals surface area contributed by atoms with Gasteiger partial charge in [0.2, 0.25) is 0 Å². The highest BCUT2D eigenvalue weighted by Gasteiger charge is 2.31. The number of halogens is 1. The van der Waals surface area contributed by atoms with Crippen molar-refractivity contribution in [2.24, 2.45) is 0 Å². The maximum Gasteiger partial charge on any atom is 0.344 e. The fourth-order valence-electron chi connectivity index (χ4n) is 4.40. The average molecular weight is 488 g/mol. The molecule has 33 heavy (non-hydrogen) atoms. The van der Waals surface area contributed by atoms with Crippen molar-refractivity contribution in [1.82, 2.24) is 9.88 Å². The molecule has 8 heteroatoms. The number of piperazine rings is 1. The summed E-state index contributed by atoms with van der Waals surface area (Å²) in [7, 11) is 0. The molecule has 1 aliphatic rings. The average Bonchev–Trinajstić information content (AvgIpc) is 3.18. The molecule has 0 radical (unpaired) electrons. The second-order valence-corrected chi connectivity index (χ2v) is 10.1. The molecule has 3 aromatic rings. The minimum Gasteiger partial charge on any atom is -0.482 e. The minimum absolute atomic E-state index is 0.0738. The lowest BCUT2D eigenvalue weighted by molar-refractivity contribution is -0.145. The monoisotopic (exact) mass is 487 g/mol. The van der Waals surface area contributed by atoms with Gasteiger partial charge in [-0.3, -0.25) is 4.90 Å². The van der Waals surface area contributed by atoms with Gasteiger partial charge in [0.15, 0.2) is 11.7 Å². The number of nitrogens with zero attached hydrogens (tertiary/aromatic N) is 3. The minimum atomic E-state index is -0.351. The Morgan fingerprint density at radius 3 is 2.67 bits per heavy atom. The maximum absolute atomic E-state index is 11.6. The largest absolute Gasteiger partial charge is 0.482 e. The van der Waals surface area contributed by atoms with E-state index in [1.807, 2.05) is 37.3 Å². The van der Waals surface area contributed by atoms with Gasteiger partial charge < -0.3 is 14.4 Å². The van der Waals surface area contributed by atoms with E-state index in [2.05, 4.69) is 29.7 Å². The van der Waals surface area contributed by atoms with Gasteiger partial charge >= 0.3 is 5.97 Å². The van der Waals surface area contributed by atoms with Gasteiger partial charge in [-0.25, -0.2) is 9.78 Å². The summed E-state index contributed by atoms with van der Waals surface area (Å²) in [6.07, 6.45) is 0. The number of esters is 1. The van der Waals surface area contributed by atoms with Crippen LogP contribution in [0.3, 0.4) is 0 Å². The molecule has 0 saturated carbocycles. The number of rotatable bonds is 7. The van der Waals surface area contributed by atoms with Gasteiger partial charge in [0.05, 0.1) is 16.8 Å². The number of benzene rings is 2. The van der Waals surface area contributed by atoms with Crippen LogP contribution < -0.4 is 9.64 Å². The fourth-order valence-corrected chi connectivity index (χ4v) is 5.66. The molecule has 2 unspecified atom stereocenters. The van der Waals surface area contributed by atoms with Crippen molar-refractivity contribution in [3.63, 3.8) is 0 Å². The molecule has 2 heterocycles. The molecule has 2 atom stereocenters. The van der Waals surface area contributed by atoms with Crippen LogP contribution in [0.2, 0.25) is 5.02 Å². The lowest BCUT2D eigenvalue weighted by Crippen LogP contribution is -2.56. The molecule has 0 N–H and O–H groups in total. The van der Waals surface area contributed by atoms with Gasteiger partial charge in [-0.05, 0) is 69.2 Å². The molecular weight excluding hydrogens is 458 g/mol. The van der Waals surface area contributed by atoms with E-state index in [1.165, 1.54) is 5.56 Å². The quantitative estimate of drug-likeness (QED) is 0.421. The topological polar surface area (TPSA) is 54.9 Å². The normalized spacial score (nSPS) is 19.1. The Hall–Kier alpha value is -2.35. The zero-order chi connectivity index (χ0) is 23.5. The first-order valence-corrected chi connectivity index (χ1v) is 12.5. The van der Waals surface area contributed by atoms with Crippen molar-refractivity contribution < 1.29 is 14.3 Å². The number of anilines is 1. The molecule has 1 fully saturated rings. The molecule has 1 aromatic heterocycles. The van der Waals surface area contributed by atoms with Crippen LogP contribution in [0.25, 0.3) is 10.2 Å². The predicted octanol–water partition coefficient (Wildman–Crippen LogP) is 5.30. The molecule has 4 rings (SSSR count). The van der Waals surface area contributed by atoms with Crippen molar-refractivity contribution in [1.29, 1.82) is 0 Å². The van der Waals surface area contributed by atoms with E-state index in [-0.39, 0.29) is 12.6 Å². The highest BCUT2D eigenvalue weighted by atomic mass is 35.5. The SMILES string of the molecule is CCOC(=O)COc1cc(C)cc(CN2C(C)CN(c3nc4ccc(Cl)cc4s3)CC2C)c1. The summed E-state index contributed by atoms with van der Waals surface area (Å²) in [5, 5.41) is 1.80. The number of fused-ring (bicyclic) bond motifs is 1. The van der Waals surface area contributed by atoms with E-state index in [0.717, 1.165) is 45.6 Å². The van der Waals surface area contributed by atoms with E-state index in [1.54, 1.807) is 18.3 Å². The Labute approximate surface area is 204 Å². The molecule has 0 amide bonds. The van der Waals surface area contributed by atoms with Gasteiger partial charge in [0, 0.05) is 36.7 Å². The van der Waals surface area contributed by atoms with Crippen LogP contribution in [-0.2, 0) is 16.1 Å². The molecule has 2 aromatic carbocycles. The van der Waals surface area contributed by atoms with E-state index in [4.69, 9.17) is 26.1 Å². The summed E-state index contributed by atoms with van der Waals surface area (Å²) in [6, 6.07) is 12.7. The lowest BCUT2D eigenvalue weighted by atomic mass is 10.0. The summed E-state index contributed by atoms with van der Waals surface area (Å²) in [5.74, 6) is 0.348. The van der Waals surface area contributed by atoms with Crippen molar-refractivity contribution >= 4 is 44.3 Å². The summed E-state index contributed by atoms with van der Waals surface area (Å²) in [4.78, 5) is 21.4. The zero-order valence-electron chi connectivity index (χ0n) is 19.5. The zero-order valence-corrected chi connectivity index (χ0v) is 21.1. The van der Waals surface area contributed by atoms with Crippen molar-refractivity contribution in [2.75, 3.05) is 31.2 Å². The number of aryl methyl sites for hydroxylation is 1. The summed E-state index contributed by atoms with van der Waals surface area (Å²) >= 11 is 7.85. The highest BCUT2D eigenvalue weighted by molar-refractivity contribution is 7.22.